The maximum atomic E-state index is 13.5. The van der Waals surface area contributed by atoms with E-state index in [-0.39, 0.29) is 11.5 Å². The first-order valence-electron chi connectivity index (χ1n) is 8.38. The minimum Gasteiger partial charge on any atom is -0.346 e. The van der Waals surface area contributed by atoms with Crippen LogP contribution in [0.3, 0.4) is 0 Å². The lowest BCUT2D eigenvalue weighted by atomic mass is 10.00. The summed E-state index contributed by atoms with van der Waals surface area (Å²) < 4.78 is 43.7. The first-order chi connectivity index (χ1) is 12.3. The summed E-state index contributed by atoms with van der Waals surface area (Å²) in [7, 11) is 0. The molecule has 3 rings (SSSR count). The minimum atomic E-state index is -4.46. The number of carbonyl (C=O) groups is 1. The van der Waals surface area contributed by atoms with Crippen molar-refractivity contribution in [3.63, 3.8) is 0 Å². The smallest absolute Gasteiger partial charge is 0.346 e. The molecule has 0 bridgehead atoms. The van der Waals surface area contributed by atoms with Crippen LogP contribution in [-0.2, 0) is 12.7 Å². The number of rotatable bonds is 4. The van der Waals surface area contributed by atoms with Gasteiger partial charge in [0.2, 0.25) is 0 Å². The first kappa shape index (κ1) is 18.0. The molecule has 0 fully saturated rings. The summed E-state index contributed by atoms with van der Waals surface area (Å²) in [5, 5.41) is 0. The SMILES string of the molecule is CCCn1cc(C(=O)n2cccc2)c(C)c1-c1ccccc1C(F)(F)F. The van der Waals surface area contributed by atoms with Gasteiger partial charge in [0, 0.05) is 30.7 Å². The third kappa shape index (κ3) is 3.19. The van der Waals surface area contributed by atoms with Gasteiger partial charge in [0.05, 0.1) is 16.8 Å². The summed E-state index contributed by atoms with van der Waals surface area (Å²) in [6.07, 6.45) is 1.19. The van der Waals surface area contributed by atoms with Gasteiger partial charge < -0.3 is 4.57 Å². The second-order valence-electron chi connectivity index (χ2n) is 6.15. The Kier molecular flexibility index (Phi) is 4.76. The molecule has 26 heavy (non-hydrogen) atoms. The minimum absolute atomic E-state index is 0.0949. The highest BCUT2D eigenvalue weighted by molar-refractivity contribution is 5.99. The third-order valence-electron chi connectivity index (χ3n) is 4.35. The van der Waals surface area contributed by atoms with Crippen LogP contribution in [0.5, 0.6) is 0 Å². The Hall–Kier alpha value is -2.76. The molecule has 0 spiro atoms. The van der Waals surface area contributed by atoms with Crippen LogP contribution >= 0.6 is 0 Å². The van der Waals surface area contributed by atoms with Gasteiger partial charge in [-0.05, 0) is 37.1 Å². The van der Waals surface area contributed by atoms with E-state index in [0.29, 0.717) is 23.4 Å². The average Bonchev–Trinajstić information content (AvgIpc) is 3.22. The maximum Gasteiger partial charge on any atom is 0.417 e. The fourth-order valence-electron chi connectivity index (χ4n) is 3.20. The molecular formula is C20H19F3N2O. The van der Waals surface area contributed by atoms with E-state index in [1.54, 1.807) is 48.3 Å². The Balaban J connectivity index is 2.21. The van der Waals surface area contributed by atoms with Crippen molar-refractivity contribution in [2.45, 2.75) is 33.0 Å². The van der Waals surface area contributed by atoms with Gasteiger partial charge in [-0.15, -0.1) is 0 Å². The quantitative estimate of drug-likeness (QED) is 0.613. The van der Waals surface area contributed by atoms with Crippen molar-refractivity contribution in [1.29, 1.82) is 0 Å². The van der Waals surface area contributed by atoms with Crippen LogP contribution in [-0.4, -0.2) is 15.0 Å². The lowest BCUT2D eigenvalue weighted by Gasteiger charge is -2.16. The van der Waals surface area contributed by atoms with E-state index < -0.39 is 11.7 Å². The predicted octanol–water partition coefficient (Wildman–Crippen LogP) is 5.38. The molecule has 0 unspecified atom stereocenters. The Labute approximate surface area is 149 Å². The van der Waals surface area contributed by atoms with Crippen molar-refractivity contribution in [2.24, 2.45) is 0 Å². The van der Waals surface area contributed by atoms with Gasteiger partial charge >= 0.3 is 6.18 Å². The summed E-state index contributed by atoms with van der Waals surface area (Å²) >= 11 is 0. The number of halogens is 3. The Bertz CT molecular complexity index is 921. The van der Waals surface area contributed by atoms with Gasteiger partial charge in [0.25, 0.3) is 5.91 Å². The van der Waals surface area contributed by atoms with Crippen LogP contribution in [0, 0.1) is 6.92 Å². The van der Waals surface area contributed by atoms with Gasteiger partial charge in [-0.1, -0.05) is 25.1 Å². The van der Waals surface area contributed by atoms with Crippen molar-refractivity contribution in [3.05, 3.63) is 71.7 Å². The maximum absolute atomic E-state index is 13.5. The Morgan fingerprint density at radius 3 is 2.35 bits per heavy atom. The summed E-state index contributed by atoms with van der Waals surface area (Å²) in [6.45, 7) is 4.18. The molecule has 136 valence electrons. The number of alkyl halides is 3. The highest BCUT2D eigenvalue weighted by atomic mass is 19.4. The molecule has 0 radical (unpaired) electrons. The topological polar surface area (TPSA) is 26.9 Å². The molecule has 3 nitrogen and oxygen atoms in total. The van der Waals surface area contributed by atoms with E-state index in [9.17, 15) is 18.0 Å². The molecule has 6 heteroatoms. The second-order valence-corrected chi connectivity index (χ2v) is 6.15. The summed E-state index contributed by atoms with van der Waals surface area (Å²) in [4.78, 5) is 12.7. The normalized spacial score (nSPS) is 11.7. The first-order valence-corrected chi connectivity index (χ1v) is 8.38. The summed E-state index contributed by atoms with van der Waals surface area (Å²) in [6, 6.07) is 8.96. The molecule has 0 atom stereocenters. The molecule has 2 aromatic heterocycles. The lowest BCUT2D eigenvalue weighted by Crippen LogP contribution is -2.10. The number of aryl methyl sites for hydroxylation is 1. The zero-order valence-electron chi connectivity index (χ0n) is 14.5. The number of hydrogen-bond acceptors (Lipinski definition) is 1. The predicted molar refractivity (Wildman–Crippen MR) is 94.1 cm³/mol. The van der Waals surface area contributed by atoms with Gasteiger partial charge in [0.15, 0.2) is 0 Å². The summed E-state index contributed by atoms with van der Waals surface area (Å²) in [5.74, 6) is -0.256. The van der Waals surface area contributed by atoms with Crippen molar-refractivity contribution in [2.75, 3.05) is 0 Å². The van der Waals surface area contributed by atoms with E-state index >= 15 is 0 Å². The largest absolute Gasteiger partial charge is 0.417 e. The third-order valence-corrected chi connectivity index (χ3v) is 4.35. The second kappa shape index (κ2) is 6.86. The molecular weight excluding hydrogens is 341 g/mol. The van der Waals surface area contributed by atoms with E-state index in [1.807, 2.05) is 6.92 Å². The van der Waals surface area contributed by atoms with Gasteiger partial charge in [0.1, 0.15) is 0 Å². The molecule has 0 saturated carbocycles. The van der Waals surface area contributed by atoms with E-state index in [4.69, 9.17) is 0 Å². The molecule has 0 aliphatic carbocycles. The van der Waals surface area contributed by atoms with Crippen molar-refractivity contribution in [3.8, 4) is 11.3 Å². The average molecular weight is 360 g/mol. The van der Waals surface area contributed by atoms with Crippen LogP contribution in [0.4, 0.5) is 13.2 Å². The van der Waals surface area contributed by atoms with Crippen LogP contribution in [0.25, 0.3) is 11.3 Å². The number of hydrogen-bond donors (Lipinski definition) is 0. The fraction of sp³-hybridized carbons (Fsp3) is 0.250. The van der Waals surface area contributed by atoms with Crippen LogP contribution in [0.1, 0.15) is 34.8 Å². The van der Waals surface area contributed by atoms with Crippen LogP contribution in [0.2, 0.25) is 0 Å². The number of nitrogens with zero attached hydrogens (tertiary/aromatic N) is 2. The summed E-state index contributed by atoms with van der Waals surface area (Å²) in [5.41, 5.74) is 0.793. The van der Waals surface area contributed by atoms with Crippen molar-refractivity contribution < 1.29 is 18.0 Å². The number of carbonyl (C=O) groups excluding carboxylic acids is 1. The van der Waals surface area contributed by atoms with Crippen molar-refractivity contribution >= 4 is 5.91 Å². The molecule has 0 aliphatic heterocycles. The molecule has 0 aliphatic rings. The van der Waals surface area contributed by atoms with Gasteiger partial charge in [-0.2, -0.15) is 13.2 Å². The molecule has 3 aromatic rings. The van der Waals surface area contributed by atoms with E-state index in [1.165, 1.54) is 16.7 Å². The molecule has 0 N–H and O–H groups in total. The van der Waals surface area contributed by atoms with Crippen LogP contribution < -0.4 is 0 Å². The van der Waals surface area contributed by atoms with E-state index in [2.05, 4.69) is 0 Å². The zero-order chi connectivity index (χ0) is 18.9. The molecule has 1 aromatic carbocycles. The highest BCUT2D eigenvalue weighted by Gasteiger charge is 2.35. The van der Waals surface area contributed by atoms with Crippen LogP contribution in [0.15, 0.2) is 55.0 Å². The Morgan fingerprint density at radius 2 is 1.73 bits per heavy atom. The molecule has 0 saturated heterocycles. The van der Waals surface area contributed by atoms with E-state index in [0.717, 1.165) is 12.5 Å². The highest BCUT2D eigenvalue weighted by Crippen LogP contribution is 2.39. The number of aromatic nitrogens is 2. The zero-order valence-corrected chi connectivity index (χ0v) is 14.5. The fourth-order valence-corrected chi connectivity index (χ4v) is 3.20. The van der Waals surface area contributed by atoms with Gasteiger partial charge in [-0.25, -0.2) is 0 Å². The standard InChI is InChI=1S/C20H19F3N2O/c1-3-10-25-13-16(19(26)24-11-6-7-12-24)14(2)18(25)15-8-4-5-9-17(15)20(21,22)23/h4-9,11-13H,3,10H2,1-2H3. The molecule has 0 amide bonds. The van der Waals surface area contributed by atoms with Crippen molar-refractivity contribution in [1.82, 2.24) is 9.13 Å². The molecule has 2 heterocycles. The Morgan fingerprint density at radius 1 is 1.08 bits per heavy atom. The monoisotopic (exact) mass is 360 g/mol. The lowest BCUT2D eigenvalue weighted by molar-refractivity contribution is -0.137. The van der Waals surface area contributed by atoms with Gasteiger partial charge in [-0.3, -0.25) is 9.36 Å². The number of benzene rings is 1.